The van der Waals surface area contributed by atoms with Gasteiger partial charge in [0.1, 0.15) is 0 Å². The van der Waals surface area contributed by atoms with Gasteiger partial charge in [-0.15, -0.1) is 0 Å². The molecule has 2 aromatic rings. The molecule has 2 saturated heterocycles. The molecule has 198 valence electrons. The van der Waals surface area contributed by atoms with Crippen LogP contribution in [0.4, 0.5) is 0 Å². The van der Waals surface area contributed by atoms with Gasteiger partial charge in [0.15, 0.2) is 11.6 Å². The highest BCUT2D eigenvalue weighted by Gasteiger charge is 2.27. The summed E-state index contributed by atoms with van der Waals surface area (Å²) < 4.78 is 0. The third-order valence-electron chi connectivity index (χ3n) is 8.80. The Labute approximate surface area is 223 Å². The number of carbonyl (C=O) groups excluding carboxylic acids is 2. The largest absolute Gasteiger partial charge is 0.298 e. The van der Waals surface area contributed by atoms with Crippen molar-refractivity contribution in [2.75, 3.05) is 39.3 Å². The molecule has 2 aromatic carbocycles. The monoisotopic (exact) mass is 500 g/mol. The molecule has 0 aromatic heterocycles. The number of likely N-dealkylation sites (tertiary alicyclic amines) is 2. The van der Waals surface area contributed by atoms with Gasteiger partial charge in [-0.05, 0) is 92.9 Å². The van der Waals surface area contributed by atoms with Crippen LogP contribution in [0.5, 0.6) is 0 Å². The molecule has 37 heavy (non-hydrogen) atoms. The molecule has 5 rings (SSSR count). The summed E-state index contributed by atoms with van der Waals surface area (Å²) in [5.41, 5.74) is 4.98. The summed E-state index contributed by atoms with van der Waals surface area (Å²) in [6, 6.07) is 17.8. The van der Waals surface area contributed by atoms with Crippen LogP contribution in [0.3, 0.4) is 0 Å². The Morgan fingerprint density at radius 2 is 1.00 bits per heavy atom. The second-order valence-corrected chi connectivity index (χ2v) is 11.8. The molecule has 0 bridgehead atoms. The predicted molar refractivity (Wildman–Crippen MR) is 150 cm³/mol. The van der Waals surface area contributed by atoms with Gasteiger partial charge in [0.2, 0.25) is 0 Å². The van der Waals surface area contributed by atoms with E-state index in [-0.39, 0.29) is 0 Å². The minimum absolute atomic E-state index is 0.327. The molecule has 3 aliphatic rings. The molecule has 0 spiro atoms. The molecule has 2 heterocycles. The Morgan fingerprint density at radius 3 is 1.41 bits per heavy atom. The van der Waals surface area contributed by atoms with Crippen molar-refractivity contribution < 1.29 is 9.59 Å². The van der Waals surface area contributed by atoms with Gasteiger partial charge in [-0.2, -0.15) is 0 Å². The Bertz CT molecular complexity index is 936. The molecular formula is C33H44N2O2. The van der Waals surface area contributed by atoms with Crippen LogP contribution < -0.4 is 0 Å². The second-order valence-electron chi connectivity index (χ2n) is 11.8. The zero-order valence-electron chi connectivity index (χ0n) is 22.5. The van der Waals surface area contributed by atoms with E-state index in [1.165, 1.54) is 68.9 Å². The van der Waals surface area contributed by atoms with Gasteiger partial charge in [-0.25, -0.2) is 0 Å². The SMILES string of the molecule is O=C(Cc1ccc(C(c2ccc(CC(=O)CN3CCCC3)cc2)C2CCCCC2)cc1)CN1CCCC1. The first-order chi connectivity index (χ1) is 18.1. The summed E-state index contributed by atoms with van der Waals surface area (Å²) in [7, 11) is 0. The van der Waals surface area contributed by atoms with E-state index in [0.29, 0.717) is 49.3 Å². The number of nitrogens with zero attached hydrogens (tertiary/aromatic N) is 2. The first kappa shape index (κ1) is 26.3. The van der Waals surface area contributed by atoms with Crippen molar-refractivity contribution >= 4 is 11.6 Å². The lowest BCUT2D eigenvalue weighted by Crippen LogP contribution is -2.27. The smallest absolute Gasteiger partial charge is 0.151 e. The van der Waals surface area contributed by atoms with E-state index >= 15 is 0 Å². The van der Waals surface area contributed by atoms with Crippen LogP contribution >= 0.6 is 0 Å². The molecule has 2 aliphatic heterocycles. The van der Waals surface area contributed by atoms with Gasteiger partial charge in [-0.1, -0.05) is 67.8 Å². The number of ketones is 2. The third kappa shape index (κ3) is 7.39. The zero-order valence-corrected chi connectivity index (χ0v) is 22.5. The fourth-order valence-electron chi connectivity index (χ4n) is 6.84. The highest BCUT2D eigenvalue weighted by Crippen LogP contribution is 2.40. The van der Waals surface area contributed by atoms with Crippen molar-refractivity contribution in [2.24, 2.45) is 5.92 Å². The van der Waals surface area contributed by atoms with Crippen molar-refractivity contribution in [3.05, 3.63) is 70.8 Å². The summed E-state index contributed by atoms with van der Waals surface area (Å²) in [5, 5.41) is 0. The average Bonchev–Trinajstić information content (AvgIpc) is 3.61. The molecule has 4 nitrogen and oxygen atoms in total. The molecule has 0 N–H and O–H groups in total. The van der Waals surface area contributed by atoms with Crippen LogP contribution in [0.15, 0.2) is 48.5 Å². The molecule has 0 amide bonds. The minimum atomic E-state index is 0.327. The first-order valence-electron chi connectivity index (χ1n) is 14.8. The van der Waals surface area contributed by atoms with Crippen LogP contribution in [0.25, 0.3) is 0 Å². The summed E-state index contributed by atoms with van der Waals surface area (Å²) in [6.07, 6.45) is 12.5. The average molecular weight is 501 g/mol. The molecule has 0 radical (unpaired) electrons. The maximum absolute atomic E-state index is 12.6. The standard InChI is InChI=1S/C33H44N2O2/c36-31(24-34-18-4-5-19-34)22-26-10-14-29(15-11-26)33(28-8-2-1-3-9-28)30-16-12-27(13-17-30)23-32(37)25-35-20-6-7-21-35/h10-17,28,33H,1-9,18-25H2. The lowest BCUT2D eigenvalue weighted by atomic mass is 9.73. The quantitative estimate of drug-likeness (QED) is 0.390. The molecule has 1 saturated carbocycles. The maximum atomic E-state index is 12.6. The maximum Gasteiger partial charge on any atom is 0.151 e. The van der Waals surface area contributed by atoms with Crippen molar-refractivity contribution in [3.8, 4) is 0 Å². The second kappa shape index (κ2) is 13.0. The van der Waals surface area contributed by atoms with Gasteiger partial charge in [-0.3, -0.25) is 19.4 Å². The molecular weight excluding hydrogens is 456 g/mol. The summed E-state index contributed by atoms with van der Waals surface area (Å²) in [5.74, 6) is 1.68. The van der Waals surface area contributed by atoms with Crippen molar-refractivity contribution in [3.63, 3.8) is 0 Å². The van der Waals surface area contributed by atoms with Gasteiger partial charge in [0, 0.05) is 18.8 Å². The fraction of sp³-hybridized carbons (Fsp3) is 0.576. The molecule has 4 heteroatoms. The number of hydrogen-bond donors (Lipinski definition) is 0. The van der Waals surface area contributed by atoms with Crippen LogP contribution in [-0.4, -0.2) is 60.6 Å². The van der Waals surface area contributed by atoms with Gasteiger partial charge >= 0.3 is 0 Å². The third-order valence-corrected chi connectivity index (χ3v) is 8.80. The normalized spacial score (nSPS) is 19.6. The van der Waals surface area contributed by atoms with Crippen LogP contribution in [0.1, 0.15) is 86.0 Å². The van der Waals surface area contributed by atoms with Gasteiger partial charge < -0.3 is 0 Å². The molecule has 1 aliphatic carbocycles. The summed E-state index contributed by atoms with van der Waals surface area (Å²) >= 11 is 0. The first-order valence-corrected chi connectivity index (χ1v) is 14.8. The number of hydrogen-bond acceptors (Lipinski definition) is 4. The van der Waals surface area contributed by atoms with Crippen LogP contribution in [0.2, 0.25) is 0 Å². The van der Waals surface area contributed by atoms with Crippen LogP contribution in [-0.2, 0) is 22.4 Å². The van der Waals surface area contributed by atoms with Gasteiger partial charge in [0.25, 0.3) is 0 Å². The minimum Gasteiger partial charge on any atom is -0.298 e. The van der Waals surface area contributed by atoms with Gasteiger partial charge in [0.05, 0.1) is 13.1 Å². The number of Topliss-reactive ketones (excluding diaryl/α,β-unsaturated/α-hetero) is 2. The Hall–Kier alpha value is -2.30. The fourth-order valence-corrected chi connectivity index (χ4v) is 6.84. The van der Waals surface area contributed by atoms with E-state index in [4.69, 9.17) is 0 Å². The molecule has 0 atom stereocenters. The number of carbonyl (C=O) groups is 2. The highest BCUT2D eigenvalue weighted by atomic mass is 16.1. The summed E-state index contributed by atoms with van der Waals surface area (Å²) in [4.78, 5) is 29.8. The van der Waals surface area contributed by atoms with E-state index in [2.05, 4.69) is 58.3 Å². The Kier molecular flexibility index (Phi) is 9.23. The van der Waals surface area contributed by atoms with E-state index in [1.54, 1.807) is 0 Å². The van der Waals surface area contributed by atoms with Crippen molar-refractivity contribution in [2.45, 2.75) is 76.5 Å². The molecule has 0 unspecified atom stereocenters. The van der Waals surface area contributed by atoms with E-state index in [0.717, 1.165) is 37.3 Å². The predicted octanol–water partition coefficient (Wildman–Crippen LogP) is 5.81. The highest BCUT2D eigenvalue weighted by molar-refractivity contribution is 5.83. The topological polar surface area (TPSA) is 40.6 Å². The number of benzene rings is 2. The van der Waals surface area contributed by atoms with Crippen LogP contribution in [0, 0.1) is 5.92 Å². The zero-order chi connectivity index (χ0) is 25.5. The lowest BCUT2D eigenvalue weighted by molar-refractivity contribution is -0.120. The van der Waals surface area contributed by atoms with Crippen molar-refractivity contribution in [1.29, 1.82) is 0 Å². The Morgan fingerprint density at radius 1 is 0.595 bits per heavy atom. The van der Waals surface area contributed by atoms with E-state index in [1.807, 2.05) is 0 Å². The number of rotatable bonds is 11. The van der Waals surface area contributed by atoms with E-state index < -0.39 is 0 Å². The molecule has 3 fully saturated rings. The Balaban J connectivity index is 1.25. The lowest BCUT2D eigenvalue weighted by Gasteiger charge is -2.31. The van der Waals surface area contributed by atoms with E-state index in [9.17, 15) is 9.59 Å². The summed E-state index contributed by atoms with van der Waals surface area (Å²) in [6.45, 7) is 5.47. The van der Waals surface area contributed by atoms with Crippen molar-refractivity contribution in [1.82, 2.24) is 9.80 Å².